The number of methoxy groups -OCH3 is 1. The van der Waals surface area contributed by atoms with Crippen LogP contribution < -0.4 is 14.2 Å². The lowest BCUT2D eigenvalue weighted by atomic mass is 9.90. The first-order valence-electron chi connectivity index (χ1n) is 11.4. The second-order valence-electron chi connectivity index (χ2n) is 8.97. The number of piperidine rings is 1. The Labute approximate surface area is 193 Å². The van der Waals surface area contributed by atoms with Crippen molar-refractivity contribution in [2.45, 2.75) is 44.9 Å². The highest BCUT2D eigenvalue weighted by Crippen LogP contribution is 2.39. The van der Waals surface area contributed by atoms with E-state index in [1.54, 1.807) is 19.5 Å². The molecule has 0 aliphatic carbocycles. The largest absolute Gasteiger partial charge is 0.496 e. The predicted octanol–water partition coefficient (Wildman–Crippen LogP) is 2.31. The Balaban J connectivity index is 1.24. The Bertz CT molecular complexity index is 1000. The van der Waals surface area contributed by atoms with Crippen LogP contribution in [-0.4, -0.2) is 71.4 Å². The molecule has 1 spiro atoms. The molecular formula is C24H30N4O5. The van der Waals surface area contributed by atoms with Gasteiger partial charge in [-0.15, -0.1) is 0 Å². The van der Waals surface area contributed by atoms with Gasteiger partial charge < -0.3 is 23.8 Å². The van der Waals surface area contributed by atoms with Crippen molar-refractivity contribution in [2.75, 3.05) is 40.1 Å². The molecule has 2 saturated heterocycles. The van der Waals surface area contributed by atoms with Crippen LogP contribution in [0, 0.1) is 6.92 Å². The third-order valence-corrected chi connectivity index (χ3v) is 6.68. The number of rotatable bonds is 5. The summed E-state index contributed by atoms with van der Waals surface area (Å²) >= 11 is 0. The number of hydrogen-bond donors (Lipinski definition) is 0. The number of carbonyl (C=O) groups is 1. The molecule has 0 saturated carbocycles. The van der Waals surface area contributed by atoms with E-state index in [0.717, 1.165) is 66.7 Å². The fourth-order valence-electron chi connectivity index (χ4n) is 4.78. The Hall–Kier alpha value is -2.91. The fourth-order valence-corrected chi connectivity index (χ4v) is 4.78. The highest BCUT2D eigenvalue weighted by molar-refractivity contribution is 5.76. The van der Waals surface area contributed by atoms with E-state index in [4.69, 9.17) is 18.9 Å². The molecule has 2 aromatic rings. The number of likely N-dealkylation sites (tertiary alicyclic amines) is 1. The molecule has 9 nitrogen and oxygen atoms in total. The van der Waals surface area contributed by atoms with Gasteiger partial charge in [0.1, 0.15) is 5.75 Å². The first-order valence-corrected chi connectivity index (χ1v) is 11.4. The number of hydrogen-bond acceptors (Lipinski definition) is 8. The lowest BCUT2D eigenvalue weighted by molar-refractivity contribution is -0.132. The van der Waals surface area contributed by atoms with E-state index in [9.17, 15) is 4.79 Å². The molecule has 0 bridgehead atoms. The van der Waals surface area contributed by atoms with Crippen molar-refractivity contribution < 1.29 is 23.7 Å². The van der Waals surface area contributed by atoms with Gasteiger partial charge in [0.15, 0.2) is 11.5 Å². The first-order chi connectivity index (χ1) is 16.0. The molecule has 0 unspecified atom stereocenters. The van der Waals surface area contributed by atoms with Crippen LogP contribution in [-0.2, 0) is 22.6 Å². The molecule has 1 amide bonds. The van der Waals surface area contributed by atoms with Crippen LogP contribution >= 0.6 is 0 Å². The number of fused-ring (bicyclic) bond motifs is 1. The number of amides is 1. The number of ether oxygens (including phenoxy) is 4. The number of carbonyl (C=O) groups excluding carboxylic acids is 1. The van der Waals surface area contributed by atoms with Crippen LogP contribution in [0.3, 0.4) is 0 Å². The molecule has 1 aromatic heterocycles. The quantitative estimate of drug-likeness (QED) is 0.680. The molecule has 176 valence electrons. The van der Waals surface area contributed by atoms with Gasteiger partial charge in [-0.1, -0.05) is 0 Å². The third kappa shape index (κ3) is 4.74. The van der Waals surface area contributed by atoms with Crippen LogP contribution in [0.4, 0.5) is 0 Å². The van der Waals surface area contributed by atoms with Crippen LogP contribution in [0.2, 0.25) is 0 Å². The molecule has 0 N–H and O–H groups in total. The van der Waals surface area contributed by atoms with E-state index in [2.05, 4.69) is 14.9 Å². The van der Waals surface area contributed by atoms with Gasteiger partial charge in [0.05, 0.1) is 56.4 Å². The maximum Gasteiger partial charge on any atom is 0.231 e. The van der Waals surface area contributed by atoms with Gasteiger partial charge in [0.25, 0.3) is 0 Å². The predicted molar refractivity (Wildman–Crippen MR) is 119 cm³/mol. The van der Waals surface area contributed by atoms with Gasteiger partial charge in [-0.2, -0.15) is 0 Å². The van der Waals surface area contributed by atoms with E-state index in [0.29, 0.717) is 26.1 Å². The van der Waals surface area contributed by atoms with Gasteiger partial charge in [-0.3, -0.25) is 19.7 Å². The molecule has 0 atom stereocenters. The summed E-state index contributed by atoms with van der Waals surface area (Å²) in [6, 6.07) is 3.91. The van der Waals surface area contributed by atoms with E-state index in [1.165, 1.54) is 0 Å². The molecule has 3 aliphatic rings. The number of aromatic nitrogens is 2. The van der Waals surface area contributed by atoms with E-state index >= 15 is 0 Å². The van der Waals surface area contributed by atoms with Crippen LogP contribution in [0.25, 0.3) is 0 Å². The summed E-state index contributed by atoms with van der Waals surface area (Å²) < 4.78 is 22.9. The number of benzene rings is 1. The summed E-state index contributed by atoms with van der Waals surface area (Å²) in [5.41, 5.74) is 2.43. The van der Waals surface area contributed by atoms with Crippen molar-refractivity contribution in [2.24, 2.45) is 0 Å². The molecule has 33 heavy (non-hydrogen) atoms. The van der Waals surface area contributed by atoms with Crippen molar-refractivity contribution in [3.8, 4) is 17.2 Å². The summed E-state index contributed by atoms with van der Waals surface area (Å²) in [5.74, 6) is 2.41. The monoisotopic (exact) mass is 454 g/mol. The maximum atomic E-state index is 12.7. The average molecular weight is 455 g/mol. The van der Waals surface area contributed by atoms with Crippen molar-refractivity contribution >= 4 is 5.91 Å². The molecule has 9 heteroatoms. The minimum absolute atomic E-state index is 0.113. The number of nitrogens with zero attached hydrogens (tertiary/aromatic N) is 4. The zero-order chi connectivity index (χ0) is 22.8. The Kier molecular flexibility index (Phi) is 6.07. The topological polar surface area (TPSA) is 86.3 Å². The van der Waals surface area contributed by atoms with Gasteiger partial charge in [-0.05, 0) is 25.8 Å². The van der Waals surface area contributed by atoms with Crippen molar-refractivity contribution in [1.29, 1.82) is 0 Å². The van der Waals surface area contributed by atoms with Crippen LogP contribution in [0.5, 0.6) is 17.2 Å². The fraction of sp³-hybridized carbons (Fsp3) is 0.542. The van der Waals surface area contributed by atoms with E-state index < -0.39 is 0 Å². The zero-order valence-corrected chi connectivity index (χ0v) is 19.2. The second-order valence-corrected chi connectivity index (χ2v) is 8.97. The molecule has 1 aromatic carbocycles. The van der Waals surface area contributed by atoms with Gasteiger partial charge in [0.2, 0.25) is 12.7 Å². The Morgan fingerprint density at radius 2 is 1.88 bits per heavy atom. The lowest BCUT2D eigenvalue weighted by Gasteiger charge is -2.42. The molecule has 0 radical (unpaired) electrons. The van der Waals surface area contributed by atoms with Crippen molar-refractivity contribution in [3.05, 3.63) is 41.5 Å². The third-order valence-electron chi connectivity index (χ3n) is 6.68. The SMILES string of the molecule is COc1cc2c(cc1CN1CCC3(CC1)CN(Cc1cnc(C)cn1)C(=O)CCO3)OCO2. The second kappa shape index (κ2) is 9.15. The minimum atomic E-state index is -0.320. The Morgan fingerprint density at radius 1 is 1.09 bits per heavy atom. The molecule has 2 fully saturated rings. The van der Waals surface area contributed by atoms with E-state index in [1.807, 2.05) is 24.0 Å². The minimum Gasteiger partial charge on any atom is -0.496 e. The summed E-state index contributed by atoms with van der Waals surface area (Å²) in [7, 11) is 1.68. The standard InChI is InChI=1S/C24H30N4O5/c1-17-11-26-19(12-25-17)14-28-15-24(33-8-3-23(28)29)4-6-27(7-5-24)13-18-9-21-22(32-16-31-21)10-20(18)30-2/h9-12H,3-8,13-16H2,1-2H3. The van der Waals surface area contributed by atoms with Gasteiger partial charge >= 0.3 is 0 Å². The smallest absolute Gasteiger partial charge is 0.231 e. The highest BCUT2D eigenvalue weighted by Gasteiger charge is 2.40. The number of aryl methyl sites for hydroxylation is 1. The summed E-state index contributed by atoms with van der Waals surface area (Å²) in [4.78, 5) is 25.8. The summed E-state index contributed by atoms with van der Waals surface area (Å²) in [5, 5.41) is 0. The molecule has 4 heterocycles. The van der Waals surface area contributed by atoms with Gasteiger partial charge in [0, 0.05) is 37.5 Å². The van der Waals surface area contributed by atoms with E-state index in [-0.39, 0.29) is 18.3 Å². The van der Waals surface area contributed by atoms with Crippen molar-refractivity contribution in [3.63, 3.8) is 0 Å². The zero-order valence-electron chi connectivity index (χ0n) is 19.2. The van der Waals surface area contributed by atoms with Crippen LogP contribution in [0.1, 0.15) is 36.2 Å². The first kappa shape index (κ1) is 21.9. The molecule has 3 aliphatic heterocycles. The highest BCUT2D eigenvalue weighted by atomic mass is 16.7. The molecular weight excluding hydrogens is 424 g/mol. The Morgan fingerprint density at radius 3 is 2.61 bits per heavy atom. The van der Waals surface area contributed by atoms with Crippen molar-refractivity contribution in [1.82, 2.24) is 19.8 Å². The average Bonchev–Trinajstić information content (AvgIpc) is 3.22. The van der Waals surface area contributed by atoms with Crippen LogP contribution in [0.15, 0.2) is 24.5 Å². The maximum absolute atomic E-state index is 12.7. The molecule has 5 rings (SSSR count). The lowest BCUT2D eigenvalue weighted by Crippen LogP contribution is -2.51. The van der Waals surface area contributed by atoms with Gasteiger partial charge in [-0.25, -0.2) is 0 Å². The summed E-state index contributed by atoms with van der Waals surface area (Å²) in [6.07, 6.45) is 5.63. The summed E-state index contributed by atoms with van der Waals surface area (Å²) in [6.45, 7) is 6.19. The normalized spacial score (nSPS) is 20.2.